The summed E-state index contributed by atoms with van der Waals surface area (Å²) >= 11 is 0. The van der Waals surface area contributed by atoms with E-state index >= 15 is 0 Å². The van der Waals surface area contributed by atoms with Crippen LogP contribution in [0.5, 0.6) is 0 Å². The molecule has 0 aromatic rings. The molecule has 0 aliphatic rings. The average Bonchev–Trinajstić information content (AvgIpc) is 2.44. The maximum atomic E-state index is 10.5. The first-order valence-corrected chi connectivity index (χ1v) is 7.08. The lowest BCUT2D eigenvalue weighted by Crippen LogP contribution is -2.39. The van der Waals surface area contributed by atoms with Crippen molar-refractivity contribution in [1.82, 2.24) is 10.8 Å². The van der Waals surface area contributed by atoms with Crippen molar-refractivity contribution < 1.29 is 25.0 Å². The molecule has 0 saturated heterocycles. The van der Waals surface area contributed by atoms with Crippen molar-refractivity contribution in [3.05, 3.63) is 0 Å². The zero-order chi connectivity index (χ0) is 16.8. The van der Waals surface area contributed by atoms with Gasteiger partial charge in [-0.05, 0) is 38.8 Å². The highest BCUT2D eigenvalue weighted by Gasteiger charge is 2.20. The topological polar surface area (TPSA) is 145 Å². The Balaban J connectivity index is 0. The summed E-state index contributed by atoms with van der Waals surface area (Å²) in [6.45, 7) is 4.46. The van der Waals surface area contributed by atoms with E-state index in [9.17, 15) is 9.59 Å². The van der Waals surface area contributed by atoms with Crippen LogP contribution in [-0.4, -0.2) is 53.0 Å². The number of hydrogen-bond acceptors (Lipinski definition) is 6. The zero-order valence-electron chi connectivity index (χ0n) is 13.0. The Kier molecular flexibility index (Phi) is 14.4. The summed E-state index contributed by atoms with van der Waals surface area (Å²) in [7, 11) is 1.67. The average molecular weight is 307 g/mol. The van der Waals surface area contributed by atoms with Gasteiger partial charge in [0.15, 0.2) is 0 Å². The monoisotopic (exact) mass is 307 g/mol. The van der Waals surface area contributed by atoms with E-state index in [0.29, 0.717) is 19.4 Å². The first kappa shape index (κ1) is 22.1. The molecular weight excluding hydrogens is 278 g/mol. The second-order valence-corrected chi connectivity index (χ2v) is 4.79. The van der Waals surface area contributed by atoms with Crippen molar-refractivity contribution in [2.75, 3.05) is 13.6 Å². The lowest BCUT2D eigenvalue weighted by atomic mass is 10.00. The number of rotatable bonds is 10. The minimum atomic E-state index is -1.04. The third-order valence-corrected chi connectivity index (χ3v) is 3.19. The molecular formula is C13H29N3O5. The van der Waals surface area contributed by atoms with Crippen molar-refractivity contribution in [2.45, 2.75) is 51.6 Å². The molecule has 3 unspecified atom stereocenters. The van der Waals surface area contributed by atoms with Crippen LogP contribution in [0.25, 0.3) is 0 Å². The first-order valence-electron chi connectivity index (χ1n) is 7.08. The molecule has 0 saturated carbocycles. The molecule has 8 nitrogen and oxygen atoms in total. The van der Waals surface area contributed by atoms with E-state index in [2.05, 4.69) is 5.32 Å². The van der Waals surface area contributed by atoms with Gasteiger partial charge in [0.25, 0.3) is 0 Å². The fourth-order valence-corrected chi connectivity index (χ4v) is 1.62. The second-order valence-electron chi connectivity index (χ2n) is 4.79. The highest BCUT2D eigenvalue weighted by molar-refractivity contribution is 5.73. The van der Waals surface area contributed by atoms with Crippen molar-refractivity contribution in [3.8, 4) is 0 Å². The summed E-state index contributed by atoms with van der Waals surface area (Å²) in [6, 6.07) is -1.26. The lowest BCUT2D eigenvalue weighted by molar-refractivity contribution is -0.143. The first-order chi connectivity index (χ1) is 9.85. The highest BCUT2D eigenvalue weighted by atomic mass is 16.5. The zero-order valence-corrected chi connectivity index (χ0v) is 13.0. The SMILES string of the molecule is CCC(C)C(NC)C(=O)O.NCCCCC(NO)C(=O)O. The number of nitrogens with one attached hydrogen (secondary N) is 2. The summed E-state index contributed by atoms with van der Waals surface area (Å²) in [5.74, 6) is -1.61. The van der Waals surface area contributed by atoms with Gasteiger partial charge in [0, 0.05) is 0 Å². The third kappa shape index (κ3) is 11.1. The van der Waals surface area contributed by atoms with Crippen LogP contribution in [0, 0.1) is 5.92 Å². The van der Waals surface area contributed by atoms with Gasteiger partial charge in [-0.3, -0.25) is 9.59 Å². The number of likely N-dealkylation sites (N-methyl/N-ethyl adjacent to an activating group) is 1. The molecule has 0 aromatic heterocycles. The maximum Gasteiger partial charge on any atom is 0.323 e. The number of hydrogen-bond donors (Lipinski definition) is 6. The highest BCUT2D eigenvalue weighted by Crippen LogP contribution is 2.06. The molecule has 0 aromatic carbocycles. The Morgan fingerprint density at radius 3 is 2.00 bits per heavy atom. The van der Waals surface area contributed by atoms with Crippen LogP contribution in [0.4, 0.5) is 0 Å². The van der Waals surface area contributed by atoms with E-state index in [-0.39, 0.29) is 5.92 Å². The Morgan fingerprint density at radius 1 is 1.19 bits per heavy atom. The number of aliphatic carboxylic acids is 2. The largest absolute Gasteiger partial charge is 0.480 e. The Hall–Kier alpha value is -1.22. The van der Waals surface area contributed by atoms with E-state index in [1.165, 1.54) is 0 Å². The van der Waals surface area contributed by atoms with Gasteiger partial charge in [-0.2, -0.15) is 5.48 Å². The van der Waals surface area contributed by atoms with Crippen LogP contribution in [0.3, 0.4) is 0 Å². The van der Waals surface area contributed by atoms with E-state index < -0.39 is 24.0 Å². The number of hydroxylamine groups is 1. The molecule has 0 rings (SSSR count). The molecule has 8 heteroatoms. The molecule has 0 radical (unpaired) electrons. The van der Waals surface area contributed by atoms with Gasteiger partial charge in [-0.25, -0.2) is 0 Å². The molecule has 3 atom stereocenters. The van der Waals surface area contributed by atoms with Crippen LogP contribution in [0.15, 0.2) is 0 Å². The van der Waals surface area contributed by atoms with E-state index in [1.807, 2.05) is 13.8 Å². The van der Waals surface area contributed by atoms with Gasteiger partial charge < -0.3 is 26.5 Å². The van der Waals surface area contributed by atoms with E-state index in [0.717, 1.165) is 12.8 Å². The van der Waals surface area contributed by atoms with Crippen molar-refractivity contribution >= 4 is 11.9 Å². The maximum absolute atomic E-state index is 10.5. The van der Waals surface area contributed by atoms with E-state index in [4.69, 9.17) is 21.2 Å². The minimum absolute atomic E-state index is 0.197. The van der Waals surface area contributed by atoms with Gasteiger partial charge in [0.2, 0.25) is 0 Å². The predicted molar refractivity (Wildman–Crippen MR) is 79.2 cm³/mol. The summed E-state index contributed by atoms with van der Waals surface area (Å²) < 4.78 is 0. The van der Waals surface area contributed by atoms with Crippen LogP contribution >= 0.6 is 0 Å². The van der Waals surface area contributed by atoms with E-state index in [1.54, 1.807) is 12.5 Å². The number of carboxylic acid groups (broad SMARTS) is 2. The normalized spacial score (nSPS) is 14.5. The van der Waals surface area contributed by atoms with Gasteiger partial charge >= 0.3 is 11.9 Å². The number of nitrogens with two attached hydrogens (primary N) is 1. The molecule has 7 N–H and O–H groups in total. The summed E-state index contributed by atoms with van der Waals surface area (Å²) in [6.07, 6.45) is 2.79. The van der Waals surface area contributed by atoms with Crippen LogP contribution in [0.1, 0.15) is 39.5 Å². The lowest BCUT2D eigenvalue weighted by Gasteiger charge is -2.16. The molecule has 0 amide bonds. The standard InChI is InChI=1S/C7H15NO2.C6H14N2O3/c1-4-5(2)6(8-3)7(9)10;7-4-2-1-3-5(8-11)6(9)10/h5-6,8H,4H2,1-3H3,(H,9,10);5,8,11H,1-4,7H2,(H,9,10). The van der Waals surface area contributed by atoms with Gasteiger partial charge in [0.1, 0.15) is 12.1 Å². The predicted octanol–water partition coefficient (Wildman–Crippen LogP) is 0.253. The van der Waals surface area contributed by atoms with Gasteiger partial charge in [-0.1, -0.05) is 20.3 Å². The summed E-state index contributed by atoms with van der Waals surface area (Å²) in [5.41, 5.74) is 6.92. The molecule has 0 fully saturated rings. The third-order valence-electron chi connectivity index (χ3n) is 3.19. The second kappa shape index (κ2) is 13.7. The Morgan fingerprint density at radius 2 is 1.76 bits per heavy atom. The van der Waals surface area contributed by atoms with Gasteiger partial charge in [0.05, 0.1) is 0 Å². The summed E-state index contributed by atoms with van der Waals surface area (Å²) in [5, 5.41) is 28.1. The number of carboxylic acids is 2. The molecule has 0 spiro atoms. The Bertz CT molecular complexity index is 289. The fourth-order valence-electron chi connectivity index (χ4n) is 1.62. The van der Waals surface area contributed by atoms with Crippen molar-refractivity contribution in [2.24, 2.45) is 11.7 Å². The fraction of sp³-hybridized carbons (Fsp3) is 0.846. The van der Waals surface area contributed by atoms with Gasteiger partial charge in [-0.15, -0.1) is 0 Å². The van der Waals surface area contributed by atoms with Crippen molar-refractivity contribution in [3.63, 3.8) is 0 Å². The molecule has 0 aliphatic carbocycles. The molecule has 21 heavy (non-hydrogen) atoms. The molecule has 0 bridgehead atoms. The molecule has 0 heterocycles. The quantitative estimate of drug-likeness (QED) is 0.249. The smallest absolute Gasteiger partial charge is 0.323 e. The molecule has 126 valence electrons. The van der Waals surface area contributed by atoms with Crippen LogP contribution in [-0.2, 0) is 9.59 Å². The van der Waals surface area contributed by atoms with Crippen LogP contribution < -0.4 is 16.5 Å². The number of carbonyl (C=O) groups is 2. The molecule has 0 aliphatic heterocycles. The minimum Gasteiger partial charge on any atom is -0.480 e. The number of unbranched alkanes of at least 4 members (excludes halogenated alkanes) is 1. The summed E-state index contributed by atoms with van der Waals surface area (Å²) in [4.78, 5) is 20.7. The Labute approximate surface area is 125 Å². The van der Waals surface area contributed by atoms with Crippen LogP contribution in [0.2, 0.25) is 0 Å². The van der Waals surface area contributed by atoms with Crippen molar-refractivity contribution in [1.29, 1.82) is 0 Å².